The van der Waals surface area contributed by atoms with Crippen LogP contribution in [0.4, 0.5) is 0 Å². The lowest BCUT2D eigenvalue weighted by molar-refractivity contribution is -0.121. The van der Waals surface area contributed by atoms with Crippen molar-refractivity contribution in [3.8, 4) is 0 Å². The van der Waals surface area contributed by atoms with Gasteiger partial charge in [-0.25, -0.2) is 0 Å². The Labute approximate surface area is 154 Å². The number of rotatable bonds is 6. The van der Waals surface area contributed by atoms with Crippen LogP contribution in [0.15, 0.2) is 42.5 Å². The Bertz CT molecular complexity index is 675. The minimum atomic E-state index is -0.0937. The van der Waals surface area contributed by atoms with E-state index in [1.165, 1.54) is 5.56 Å². The molecule has 0 aliphatic rings. The molecule has 0 saturated heterocycles. The molecule has 0 bridgehead atoms. The van der Waals surface area contributed by atoms with Gasteiger partial charge in [0, 0.05) is 10.0 Å². The van der Waals surface area contributed by atoms with Crippen LogP contribution in [0.25, 0.3) is 0 Å². The third-order valence-electron chi connectivity index (χ3n) is 3.90. The Morgan fingerprint density at radius 2 is 1.58 bits per heavy atom. The average Bonchev–Trinajstić information content (AvgIpc) is 2.51. The summed E-state index contributed by atoms with van der Waals surface area (Å²) in [6.07, 6.45) is 1.24. The highest BCUT2D eigenvalue weighted by Crippen LogP contribution is 2.25. The van der Waals surface area contributed by atoms with Crippen molar-refractivity contribution >= 4 is 29.1 Å². The molecule has 0 saturated carbocycles. The molecular weight excluding hydrogens is 341 g/mol. The van der Waals surface area contributed by atoms with Gasteiger partial charge in [-0.3, -0.25) is 4.79 Å². The van der Waals surface area contributed by atoms with Crippen LogP contribution in [0.3, 0.4) is 0 Å². The van der Waals surface area contributed by atoms with E-state index < -0.39 is 0 Å². The lowest BCUT2D eigenvalue weighted by atomic mass is 10.00. The van der Waals surface area contributed by atoms with Crippen molar-refractivity contribution < 1.29 is 4.79 Å². The van der Waals surface area contributed by atoms with Crippen LogP contribution in [0, 0.1) is 5.92 Å². The molecule has 128 valence electrons. The van der Waals surface area contributed by atoms with Crippen molar-refractivity contribution in [2.75, 3.05) is 0 Å². The molecule has 4 heteroatoms. The van der Waals surface area contributed by atoms with Gasteiger partial charge in [-0.1, -0.05) is 67.4 Å². The zero-order chi connectivity index (χ0) is 17.7. The molecule has 24 heavy (non-hydrogen) atoms. The van der Waals surface area contributed by atoms with Crippen LogP contribution in [0.1, 0.15) is 43.5 Å². The highest BCUT2D eigenvalue weighted by atomic mass is 35.5. The van der Waals surface area contributed by atoms with E-state index in [1.807, 2.05) is 6.92 Å². The van der Waals surface area contributed by atoms with Crippen molar-refractivity contribution in [2.24, 2.45) is 5.92 Å². The molecule has 1 N–H and O–H groups in total. The standard InChI is InChI=1S/C20H23Cl2NO/c1-13(2)11-15-7-9-16(10-8-15)14(3)23-20(24)12-17-18(21)5-4-6-19(17)22/h4-10,13-14H,11-12H2,1-3H3,(H,23,24)/t14-/m1/s1. The highest BCUT2D eigenvalue weighted by Gasteiger charge is 2.14. The molecule has 2 aromatic carbocycles. The normalized spacial score (nSPS) is 12.2. The maximum atomic E-state index is 12.3. The fraction of sp³-hybridized carbons (Fsp3) is 0.350. The summed E-state index contributed by atoms with van der Waals surface area (Å²) in [7, 11) is 0. The maximum Gasteiger partial charge on any atom is 0.225 e. The van der Waals surface area contributed by atoms with Gasteiger partial charge in [-0.2, -0.15) is 0 Å². The van der Waals surface area contributed by atoms with Gasteiger partial charge >= 0.3 is 0 Å². The number of carbonyl (C=O) groups excluding carboxylic acids is 1. The topological polar surface area (TPSA) is 29.1 Å². The zero-order valence-electron chi connectivity index (χ0n) is 14.3. The third kappa shape index (κ3) is 5.25. The van der Waals surface area contributed by atoms with E-state index in [9.17, 15) is 4.79 Å². The van der Waals surface area contributed by atoms with Gasteiger partial charge in [-0.05, 0) is 48.1 Å². The Kier molecular flexibility index (Phi) is 6.70. The summed E-state index contributed by atoms with van der Waals surface area (Å²) in [6.45, 7) is 6.39. The first kappa shape index (κ1) is 18.8. The van der Waals surface area contributed by atoms with E-state index in [4.69, 9.17) is 23.2 Å². The molecule has 2 aromatic rings. The summed E-state index contributed by atoms with van der Waals surface area (Å²) < 4.78 is 0. The minimum absolute atomic E-state index is 0.0631. The molecule has 0 heterocycles. The number of hydrogen-bond acceptors (Lipinski definition) is 1. The summed E-state index contributed by atoms with van der Waals surface area (Å²) >= 11 is 12.2. The van der Waals surface area contributed by atoms with E-state index in [0.29, 0.717) is 21.5 Å². The van der Waals surface area contributed by atoms with Crippen molar-refractivity contribution in [3.63, 3.8) is 0 Å². The lowest BCUT2D eigenvalue weighted by Gasteiger charge is -2.16. The van der Waals surface area contributed by atoms with Crippen LogP contribution in [-0.2, 0) is 17.6 Å². The first-order valence-electron chi connectivity index (χ1n) is 8.18. The Morgan fingerprint density at radius 1 is 1.00 bits per heavy atom. The monoisotopic (exact) mass is 363 g/mol. The molecule has 0 fully saturated rings. The number of carbonyl (C=O) groups is 1. The summed E-state index contributed by atoms with van der Waals surface area (Å²) in [5, 5.41) is 4.04. The quantitative estimate of drug-likeness (QED) is 0.709. The van der Waals surface area contributed by atoms with Crippen LogP contribution in [-0.4, -0.2) is 5.91 Å². The molecule has 0 aliphatic carbocycles. The summed E-state index contributed by atoms with van der Waals surface area (Å²) in [5.41, 5.74) is 3.06. The van der Waals surface area contributed by atoms with Gasteiger partial charge in [0.1, 0.15) is 0 Å². The Hall–Kier alpha value is -1.51. The number of amides is 1. The lowest BCUT2D eigenvalue weighted by Crippen LogP contribution is -2.28. The van der Waals surface area contributed by atoms with E-state index >= 15 is 0 Å². The zero-order valence-corrected chi connectivity index (χ0v) is 15.8. The van der Waals surface area contributed by atoms with Crippen LogP contribution >= 0.6 is 23.2 Å². The highest BCUT2D eigenvalue weighted by molar-refractivity contribution is 6.36. The first-order chi connectivity index (χ1) is 11.4. The van der Waals surface area contributed by atoms with Crippen LogP contribution < -0.4 is 5.32 Å². The van der Waals surface area contributed by atoms with Gasteiger partial charge in [0.15, 0.2) is 0 Å². The molecule has 0 aromatic heterocycles. The fourth-order valence-electron chi connectivity index (χ4n) is 2.65. The molecule has 0 aliphatic heterocycles. The second kappa shape index (κ2) is 8.55. The van der Waals surface area contributed by atoms with Crippen molar-refractivity contribution in [1.29, 1.82) is 0 Å². The second-order valence-electron chi connectivity index (χ2n) is 6.51. The van der Waals surface area contributed by atoms with Crippen molar-refractivity contribution in [2.45, 2.75) is 39.7 Å². The number of benzene rings is 2. The summed E-state index contributed by atoms with van der Waals surface area (Å²) in [5.74, 6) is 0.539. The molecular formula is C20H23Cl2NO. The largest absolute Gasteiger partial charge is 0.349 e. The third-order valence-corrected chi connectivity index (χ3v) is 4.61. The van der Waals surface area contributed by atoms with Gasteiger partial charge in [0.2, 0.25) is 5.91 Å². The molecule has 2 nitrogen and oxygen atoms in total. The molecule has 1 atom stereocenters. The molecule has 0 radical (unpaired) electrons. The summed E-state index contributed by atoms with van der Waals surface area (Å²) in [4.78, 5) is 12.3. The predicted molar refractivity (Wildman–Crippen MR) is 102 cm³/mol. The van der Waals surface area contributed by atoms with Crippen LogP contribution in [0.5, 0.6) is 0 Å². The fourth-order valence-corrected chi connectivity index (χ4v) is 3.18. The van der Waals surface area contributed by atoms with Crippen LogP contribution in [0.2, 0.25) is 10.0 Å². The Morgan fingerprint density at radius 3 is 2.12 bits per heavy atom. The predicted octanol–water partition coefficient (Wildman–Crippen LogP) is 5.61. The van der Waals surface area contributed by atoms with Crippen molar-refractivity contribution in [3.05, 3.63) is 69.2 Å². The molecule has 0 spiro atoms. The summed E-state index contributed by atoms with van der Waals surface area (Å²) in [6, 6.07) is 13.6. The Balaban J connectivity index is 1.98. The second-order valence-corrected chi connectivity index (χ2v) is 7.32. The van der Waals surface area contributed by atoms with E-state index in [2.05, 4.69) is 43.4 Å². The van der Waals surface area contributed by atoms with E-state index in [-0.39, 0.29) is 18.4 Å². The van der Waals surface area contributed by atoms with E-state index in [0.717, 1.165) is 12.0 Å². The number of nitrogens with one attached hydrogen (secondary N) is 1. The van der Waals surface area contributed by atoms with E-state index in [1.54, 1.807) is 18.2 Å². The molecule has 0 unspecified atom stereocenters. The smallest absolute Gasteiger partial charge is 0.225 e. The van der Waals surface area contributed by atoms with Gasteiger partial charge in [0.25, 0.3) is 0 Å². The SMILES string of the molecule is CC(C)Cc1ccc([C@@H](C)NC(=O)Cc2c(Cl)cccc2Cl)cc1. The average molecular weight is 364 g/mol. The van der Waals surface area contributed by atoms with Gasteiger partial charge < -0.3 is 5.32 Å². The first-order valence-corrected chi connectivity index (χ1v) is 8.93. The van der Waals surface area contributed by atoms with Gasteiger partial charge in [-0.15, -0.1) is 0 Å². The maximum absolute atomic E-state index is 12.3. The van der Waals surface area contributed by atoms with Gasteiger partial charge in [0.05, 0.1) is 12.5 Å². The van der Waals surface area contributed by atoms with Crippen molar-refractivity contribution in [1.82, 2.24) is 5.32 Å². The number of halogens is 2. The number of hydrogen-bond donors (Lipinski definition) is 1. The minimum Gasteiger partial charge on any atom is -0.349 e. The molecule has 1 amide bonds. The molecule has 2 rings (SSSR count).